The molecule has 1 spiro atoms. The first-order valence-electron chi connectivity index (χ1n) is 10.3. The minimum absolute atomic E-state index is 0.0921. The van der Waals surface area contributed by atoms with Crippen LogP contribution in [-0.4, -0.2) is 17.4 Å². The van der Waals surface area contributed by atoms with E-state index in [4.69, 9.17) is 0 Å². The van der Waals surface area contributed by atoms with E-state index in [-0.39, 0.29) is 23.2 Å². The molecule has 4 rings (SSSR count). The lowest BCUT2D eigenvalue weighted by atomic mass is 9.73. The van der Waals surface area contributed by atoms with Gasteiger partial charge in [0.25, 0.3) is 0 Å². The first-order valence-corrected chi connectivity index (χ1v) is 10.3. The number of carbonyl (C=O) groups excluding carboxylic acids is 2. The second-order valence-electron chi connectivity index (χ2n) is 8.73. The molecule has 0 N–H and O–H groups in total. The summed E-state index contributed by atoms with van der Waals surface area (Å²) >= 11 is 0. The number of halogens is 1. The lowest BCUT2D eigenvalue weighted by Crippen LogP contribution is -2.57. The molecule has 1 heterocycles. The standard InChI is InChI=1S/C22H28FNO3/c1-14-13-22(10-4-5-11-22)24(19-9-8-15(23)12-18(14)19)20(25)16-6-2-3-7-17(16)21(26)27/h8-9,12,14,16-17H,2-7,10-11,13H2,1H3,(H,26,27)/p-1/t14-,16-,17+/m1/s1. The van der Waals surface area contributed by atoms with E-state index in [1.54, 1.807) is 12.1 Å². The van der Waals surface area contributed by atoms with Crippen LogP contribution in [0.5, 0.6) is 0 Å². The second kappa shape index (κ2) is 6.92. The maximum absolute atomic E-state index is 13.9. The van der Waals surface area contributed by atoms with Gasteiger partial charge in [0.05, 0.1) is 0 Å². The van der Waals surface area contributed by atoms with Gasteiger partial charge in [-0.05, 0) is 61.8 Å². The van der Waals surface area contributed by atoms with E-state index < -0.39 is 17.8 Å². The first-order chi connectivity index (χ1) is 12.9. The minimum Gasteiger partial charge on any atom is -0.550 e. The van der Waals surface area contributed by atoms with Crippen molar-refractivity contribution in [3.63, 3.8) is 0 Å². The van der Waals surface area contributed by atoms with Crippen molar-refractivity contribution < 1.29 is 19.1 Å². The number of anilines is 1. The highest BCUT2D eigenvalue weighted by molar-refractivity contribution is 5.99. The van der Waals surface area contributed by atoms with Crippen LogP contribution < -0.4 is 10.0 Å². The lowest BCUT2D eigenvalue weighted by molar-refractivity contribution is -0.314. The predicted molar refractivity (Wildman–Crippen MR) is 98.6 cm³/mol. The van der Waals surface area contributed by atoms with Crippen LogP contribution in [0.15, 0.2) is 18.2 Å². The zero-order valence-corrected chi connectivity index (χ0v) is 15.9. The molecule has 5 heteroatoms. The van der Waals surface area contributed by atoms with Gasteiger partial charge in [-0.15, -0.1) is 0 Å². The van der Waals surface area contributed by atoms with Crippen LogP contribution in [0, 0.1) is 17.7 Å². The molecule has 0 bridgehead atoms. The fourth-order valence-electron chi connectivity index (χ4n) is 5.84. The third-order valence-electron chi connectivity index (χ3n) is 7.06. The number of benzene rings is 1. The summed E-state index contributed by atoms with van der Waals surface area (Å²) in [7, 11) is 0. The molecular formula is C22H27FNO3-. The lowest BCUT2D eigenvalue weighted by Gasteiger charge is -2.50. The monoisotopic (exact) mass is 372 g/mol. The van der Waals surface area contributed by atoms with Gasteiger partial charge in [0.15, 0.2) is 0 Å². The smallest absolute Gasteiger partial charge is 0.231 e. The summed E-state index contributed by atoms with van der Waals surface area (Å²) in [6.45, 7) is 2.10. The molecule has 0 radical (unpaired) electrons. The summed E-state index contributed by atoms with van der Waals surface area (Å²) in [6.07, 6.45) is 7.62. The molecule has 1 amide bonds. The van der Waals surface area contributed by atoms with E-state index in [9.17, 15) is 19.1 Å². The number of carbonyl (C=O) groups is 2. The van der Waals surface area contributed by atoms with Gasteiger partial charge in [-0.2, -0.15) is 0 Å². The van der Waals surface area contributed by atoms with Crippen LogP contribution in [0.4, 0.5) is 10.1 Å². The van der Waals surface area contributed by atoms with Gasteiger partial charge in [0, 0.05) is 29.0 Å². The molecular weight excluding hydrogens is 345 g/mol. The largest absolute Gasteiger partial charge is 0.550 e. The van der Waals surface area contributed by atoms with Gasteiger partial charge in [-0.25, -0.2) is 4.39 Å². The molecule has 1 aromatic carbocycles. The van der Waals surface area contributed by atoms with Crippen LogP contribution >= 0.6 is 0 Å². The number of rotatable bonds is 2. The fourth-order valence-corrected chi connectivity index (χ4v) is 5.84. The van der Waals surface area contributed by atoms with E-state index in [2.05, 4.69) is 6.92 Å². The topological polar surface area (TPSA) is 60.4 Å². The molecule has 2 fully saturated rings. The number of nitrogens with zero attached hydrogens (tertiary/aromatic N) is 1. The molecule has 1 aromatic rings. The Bertz CT molecular complexity index is 756. The van der Waals surface area contributed by atoms with Crippen LogP contribution in [0.3, 0.4) is 0 Å². The summed E-state index contributed by atoms with van der Waals surface area (Å²) in [5, 5.41) is 11.7. The molecule has 3 atom stereocenters. The minimum atomic E-state index is -1.11. The zero-order chi connectivity index (χ0) is 19.2. The highest BCUT2D eigenvalue weighted by Gasteiger charge is 2.50. The van der Waals surface area contributed by atoms with Crippen LogP contribution in [0.1, 0.15) is 76.2 Å². The van der Waals surface area contributed by atoms with Crippen molar-refractivity contribution in [1.29, 1.82) is 0 Å². The van der Waals surface area contributed by atoms with Crippen molar-refractivity contribution in [1.82, 2.24) is 0 Å². The Morgan fingerprint density at radius 2 is 1.78 bits per heavy atom. The Kier molecular flexibility index (Phi) is 4.73. The molecule has 0 saturated heterocycles. The van der Waals surface area contributed by atoms with Gasteiger partial charge in [0.1, 0.15) is 5.82 Å². The van der Waals surface area contributed by atoms with E-state index in [1.165, 1.54) is 6.07 Å². The number of fused-ring (bicyclic) bond motifs is 1. The average molecular weight is 372 g/mol. The molecule has 0 aromatic heterocycles. The maximum Gasteiger partial charge on any atom is 0.231 e. The highest BCUT2D eigenvalue weighted by Crippen LogP contribution is 2.52. The van der Waals surface area contributed by atoms with Gasteiger partial charge in [-0.3, -0.25) is 4.79 Å². The number of hydrogen-bond donors (Lipinski definition) is 0. The Hall–Kier alpha value is -1.91. The zero-order valence-electron chi connectivity index (χ0n) is 15.9. The Labute approximate surface area is 159 Å². The first kappa shape index (κ1) is 18.5. The summed E-state index contributed by atoms with van der Waals surface area (Å²) in [5.41, 5.74) is 1.39. The van der Waals surface area contributed by atoms with Crippen LogP contribution in [0.25, 0.3) is 0 Å². The van der Waals surface area contributed by atoms with E-state index >= 15 is 0 Å². The van der Waals surface area contributed by atoms with E-state index in [1.807, 2.05) is 4.90 Å². The van der Waals surface area contributed by atoms with Crippen molar-refractivity contribution >= 4 is 17.6 Å². The average Bonchev–Trinajstić information content (AvgIpc) is 3.10. The molecule has 1 aliphatic heterocycles. The molecule has 2 saturated carbocycles. The number of aliphatic carboxylic acids is 1. The molecule has 3 aliphatic rings. The third kappa shape index (κ3) is 3.05. The summed E-state index contributed by atoms with van der Waals surface area (Å²) < 4.78 is 13.9. The predicted octanol–water partition coefficient (Wildman–Crippen LogP) is 3.54. The van der Waals surface area contributed by atoms with Crippen molar-refractivity contribution in [3.8, 4) is 0 Å². The van der Waals surface area contributed by atoms with Crippen LogP contribution in [-0.2, 0) is 9.59 Å². The summed E-state index contributed by atoms with van der Waals surface area (Å²) in [4.78, 5) is 27.3. The van der Waals surface area contributed by atoms with Crippen molar-refractivity contribution in [2.45, 2.75) is 76.2 Å². The van der Waals surface area contributed by atoms with Crippen molar-refractivity contribution in [2.75, 3.05) is 4.90 Å². The molecule has 0 unspecified atom stereocenters. The van der Waals surface area contributed by atoms with E-state index in [0.717, 1.165) is 56.2 Å². The third-order valence-corrected chi connectivity index (χ3v) is 7.06. The second-order valence-corrected chi connectivity index (χ2v) is 8.73. The summed E-state index contributed by atoms with van der Waals surface area (Å²) in [6, 6.07) is 4.67. The Morgan fingerprint density at radius 1 is 1.11 bits per heavy atom. The number of amides is 1. The Morgan fingerprint density at radius 3 is 2.44 bits per heavy atom. The fraction of sp³-hybridized carbons (Fsp3) is 0.636. The quantitative estimate of drug-likeness (QED) is 0.798. The van der Waals surface area contributed by atoms with Gasteiger partial charge >= 0.3 is 0 Å². The maximum atomic E-state index is 13.9. The van der Waals surface area contributed by atoms with Crippen LogP contribution in [0.2, 0.25) is 0 Å². The van der Waals surface area contributed by atoms with Gasteiger partial charge in [0.2, 0.25) is 5.91 Å². The summed E-state index contributed by atoms with van der Waals surface area (Å²) in [5.74, 6) is -2.56. The Balaban J connectivity index is 1.78. The molecule has 146 valence electrons. The van der Waals surface area contributed by atoms with E-state index in [0.29, 0.717) is 12.8 Å². The SMILES string of the molecule is C[C@@H]1CC2(CCCC2)N(C(=O)[C@@H]2CCCC[C@@H]2C(=O)[O-])c2ccc(F)cc21. The molecule has 4 nitrogen and oxygen atoms in total. The highest BCUT2D eigenvalue weighted by atomic mass is 19.1. The number of hydrogen-bond acceptors (Lipinski definition) is 3. The number of carboxylic acids is 1. The molecule has 27 heavy (non-hydrogen) atoms. The normalized spacial score (nSPS) is 29.6. The number of carboxylic acid groups (broad SMARTS) is 1. The van der Waals surface area contributed by atoms with Gasteiger partial charge < -0.3 is 14.8 Å². The van der Waals surface area contributed by atoms with Gasteiger partial charge in [-0.1, -0.05) is 32.6 Å². The van der Waals surface area contributed by atoms with Crippen molar-refractivity contribution in [3.05, 3.63) is 29.6 Å². The van der Waals surface area contributed by atoms with Crippen molar-refractivity contribution in [2.24, 2.45) is 11.8 Å². The molecule has 2 aliphatic carbocycles.